The molecule has 6 heteroatoms. The Kier molecular flexibility index (Phi) is 5.27. The molecule has 0 atom stereocenters. The Morgan fingerprint density at radius 2 is 1.68 bits per heavy atom. The zero-order valence-electron chi connectivity index (χ0n) is 12.6. The van der Waals surface area contributed by atoms with Gasteiger partial charge in [0.1, 0.15) is 11.5 Å². The Morgan fingerprint density at radius 1 is 1.00 bits per heavy atom. The first-order valence-corrected chi connectivity index (χ1v) is 7.39. The lowest BCUT2D eigenvalue weighted by Crippen LogP contribution is -2.20. The normalized spacial score (nSPS) is 10.0. The number of nitrogens with one attached hydrogen (secondary N) is 2. The highest BCUT2D eigenvalue weighted by molar-refractivity contribution is 9.10. The van der Waals surface area contributed by atoms with E-state index >= 15 is 0 Å². The Morgan fingerprint density at radius 3 is 2.32 bits per heavy atom. The zero-order chi connectivity index (χ0) is 16.1. The average Bonchev–Trinajstić information content (AvgIpc) is 2.50. The maximum atomic E-state index is 12.1. The summed E-state index contributed by atoms with van der Waals surface area (Å²) >= 11 is 3.42. The van der Waals surface area contributed by atoms with Crippen LogP contribution in [0, 0.1) is 6.92 Å². The number of hydrogen-bond donors (Lipinski definition) is 2. The van der Waals surface area contributed by atoms with Gasteiger partial charge in [0.2, 0.25) is 0 Å². The molecule has 0 saturated carbocycles. The summed E-state index contributed by atoms with van der Waals surface area (Å²) in [7, 11) is 3.11. The molecule has 116 valence electrons. The van der Waals surface area contributed by atoms with Crippen molar-refractivity contribution in [2.24, 2.45) is 0 Å². The monoisotopic (exact) mass is 364 g/mol. The van der Waals surface area contributed by atoms with Crippen LogP contribution in [0.2, 0.25) is 0 Å². The first kappa shape index (κ1) is 16.2. The van der Waals surface area contributed by atoms with E-state index in [0.717, 1.165) is 10.0 Å². The van der Waals surface area contributed by atoms with Gasteiger partial charge in [0, 0.05) is 10.5 Å². The maximum absolute atomic E-state index is 12.1. The van der Waals surface area contributed by atoms with Gasteiger partial charge in [0.25, 0.3) is 0 Å². The van der Waals surface area contributed by atoms with Gasteiger partial charge in [-0.05, 0) is 52.7 Å². The van der Waals surface area contributed by atoms with Crippen molar-refractivity contribution in [2.75, 3.05) is 24.9 Å². The minimum Gasteiger partial charge on any atom is -0.497 e. The molecule has 0 unspecified atom stereocenters. The summed E-state index contributed by atoms with van der Waals surface area (Å²) < 4.78 is 11.2. The summed E-state index contributed by atoms with van der Waals surface area (Å²) in [5, 5.41) is 5.53. The van der Waals surface area contributed by atoms with Crippen LogP contribution in [0.5, 0.6) is 11.5 Å². The van der Waals surface area contributed by atoms with Crippen LogP contribution < -0.4 is 20.1 Å². The molecule has 0 spiro atoms. The third-order valence-electron chi connectivity index (χ3n) is 3.03. The average molecular weight is 365 g/mol. The van der Waals surface area contributed by atoms with Crippen molar-refractivity contribution in [1.29, 1.82) is 0 Å². The fourth-order valence-electron chi connectivity index (χ4n) is 1.90. The summed E-state index contributed by atoms with van der Waals surface area (Å²) in [4.78, 5) is 12.1. The summed E-state index contributed by atoms with van der Waals surface area (Å²) in [6, 6.07) is 10.5. The number of rotatable bonds is 4. The van der Waals surface area contributed by atoms with Crippen molar-refractivity contribution < 1.29 is 14.3 Å². The van der Waals surface area contributed by atoms with Crippen molar-refractivity contribution in [1.82, 2.24) is 0 Å². The predicted octanol–water partition coefficient (Wildman–Crippen LogP) is 4.42. The van der Waals surface area contributed by atoms with E-state index in [2.05, 4.69) is 26.6 Å². The van der Waals surface area contributed by atoms with Gasteiger partial charge < -0.3 is 20.1 Å². The highest BCUT2D eigenvalue weighted by Crippen LogP contribution is 2.29. The van der Waals surface area contributed by atoms with Gasteiger partial charge in [-0.15, -0.1) is 0 Å². The van der Waals surface area contributed by atoms with Crippen LogP contribution in [0.15, 0.2) is 40.9 Å². The molecular formula is C16H17BrN2O3. The van der Waals surface area contributed by atoms with E-state index in [1.807, 2.05) is 25.1 Å². The smallest absolute Gasteiger partial charge is 0.323 e. The first-order valence-electron chi connectivity index (χ1n) is 6.59. The number of carbonyl (C=O) groups excluding carboxylic acids is 1. The molecule has 2 rings (SSSR count). The molecule has 5 nitrogen and oxygen atoms in total. The number of urea groups is 1. The molecule has 0 heterocycles. The summed E-state index contributed by atoms with van der Waals surface area (Å²) in [5.41, 5.74) is 2.36. The molecule has 0 aliphatic rings. The standard InChI is InChI=1S/C16H17BrN2O3/c1-10-4-6-13(12(17)8-10)18-16(20)19-14-7-5-11(21-2)9-15(14)22-3/h4-9H,1-3H3,(H2,18,19,20). The van der Waals surface area contributed by atoms with Crippen molar-refractivity contribution in [3.8, 4) is 11.5 Å². The molecule has 0 radical (unpaired) electrons. The van der Waals surface area contributed by atoms with Crippen molar-refractivity contribution in [3.63, 3.8) is 0 Å². The highest BCUT2D eigenvalue weighted by Gasteiger charge is 2.10. The van der Waals surface area contributed by atoms with Crippen LogP contribution >= 0.6 is 15.9 Å². The van der Waals surface area contributed by atoms with Gasteiger partial charge >= 0.3 is 6.03 Å². The molecule has 0 aromatic heterocycles. The summed E-state index contributed by atoms with van der Waals surface area (Å²) in [6.45, 7) is 1.98. The minimum absolute atomic E-state index is 0.354. The van der Waals surface area contributed by atoms with Gasteiger partial charge in [-0.3, -0.25) is 0 Å². The molecule has 2 N–H and O–H groups in total. The van der Waals surface area contributed by atoms with Gasteiger partial charge in [-0.25, -0.2) is 4.79 Å². The van der Waals surface area contributed by atoms with Crippen LogP contribution in [0.25, 0.3) is 0 Å². The van der Waals surface area contributed by atoms with Crippen LogP contribution in [-0.2, 0) is 0 Å². The molecule has 2 aromatic carbocycles. The van der Waals surface area contributed by atoms with Crippen LogP contribution in [-0.4, -0.2) is 20.3 Å². The number of benzene rings is 2. The Labute approximate surface area is 137 Å². The van der Waals surface area contributed by atoms with Gasteiger partial charge in [-0.2, -0.15) is 0 Å². The number of carbonyl (C=O) groups is 1. The topological polar surface area (TPSA) is 59.6 Å². The quantitative estimate of drug-likeness (QED) is 0.843. The number of amides is 2. The van der Waals surface area contributed by atoms with Crippen LogP contribution in [0.3, 0.4) is 0 Å². The molecular weight excluding hydrogens is 348 g/mol. The molecule has 0 bridgehead atoms. The number of aryl methyl sites for hydroxylation is 1. The number of anilines is 2. The SMILES string of the molecule is COc1ccc(NC(=O)Nc2ccc(C)cc2Br)c(OC)c1. The Hall–Kier alpha value is -2.21. The van der Waals surface area contributed by atoms with Crippen molar-refractivity contribution >= 4 is 33.3 Å². The molecule has 0 aliphatic heterocycles. The zero-order valence-corrected chi connectivity index (χ0v) is 14.2. The van der Waals surface area contributed by atoms with E-state index < -0.39 is 0 Å². The van der Waals surface area contributed by atoms with Crippen molar-refractivity contribution in [2.45, 2.75) is 6.92 Å². The number of methoxy groups -OCH3 is 2. The molecule has 0 fully saturated rings. The fraction of sp³-hybridized carbons (Fsp3) is 0.188. The predicted molar refractivity (Wildman–Crippen MR) is 91.1 cm³/mol. The fourth-order valence-corrected chi connectivity index (χ4v) is 2.49. The van der Waals surface area contributed by atoms with E-state index in [1.54, 1.807) is 25.3 Å². The van der Waals surface area contributed by atoms with Gasteiger partial charge in [-0.1, -0.05) is 6.07 Å². The second kappa shape index (κ2) is 7.17. The molecule has 2 amide bonds. The second-order valence-corrected chi connectivity index (χ2v) is 5.48. The number of ether oxygens (including phenoxy) is 2. The first-order chi connectivity index (χ1) is 10.5. The lowest BCUT2D eigenvalue weighted by atomic mass is 10.2. The highest BCUT2D eigenvalue weighted by atomic mass is 79.9. The molecule has 0 saturated heterocycles. The summed E-state index contributed by atoms with van der Waals surface area (Å²) in [5.74, 6) is 1.18. The van der Waals surface area contributed by atoms with Gasteiger partial charge in [0.15, 0.2) is 0 Å². The molecule has 2 aromatic rings. The van der Waals surface area contributed by atoms with E-state index in [9.17, 15) is 4.79 Å². The van der Waals surface area contributed by atoms with Crippen LogP contribution in [0.1, 0.15) is 5.56 Å². The van der Waals surface area contributed by atoms with Crippen LogP contribution in [0.4, 0.5) is 16.2 Å². The summed E-state index contributed by atoms with van der Waals surface area (Å²) in [6.07, 6.45) is 0. The van der Waals surface area contributed by atoms with Crippen molar-refractivity contribution in [3.05, 3.63) is 46.4 Å². The second-order valence-electron chi connectivity index (χ2n) is 4.63. The Balaban J connectivity index is 2.12. The Bertz CT molecular complexity index is 689. The minimum atomic E-state index is -0.354. The van der Waals surface area contributed by atoms with E-state index in [-0.39, 0.29) is 6.03 Å². The van der Waals surface area contributed by atoms with E-state index in [1.165, 1.54) is 7.11 Å². The lowest BCUT2D eigenvalue weighted by Gasteiger charge is -2.13. The lowest BCUT2D eigenvalue weighted by molar-refractivity contribution is 0.262. The third kappa shape index (κ3) is 3.92. The van der Waals surface area contributed by atoms with E-state index in [0.29, 0.717) is 22.9 Å². The van der Waals surface area contributed by atoms with E-state index in [4.69, 9.17) is 9.47 Å². The molecule has 22 heavy (non-hydrogen) atoms. The molecule has 0 aliphatic carbocycles. The van der Waals surface area contributed by atoms with Gasteiger partial charge in [0.05, 0.1) is 25.6 Å². The largest absolute Gasteiger partial charge is 0.497 e. The third-order valence-corrected chi connectivity index (χ3v) is 3.69. The number of halogens is 1. The maximum Gasteiger partial charge on any atom is 0.323 e. The number of hydrogen-bond acceptors (Lipinski definition) is 3.